The summed E-state index contributed by atoms with van der Waals surface area (Å²) in [5.74, 6) is 0.122. The molecule has 6 heteroatoms. The highest BCUT2D eigenvalue weighted by molar-refractivity contribution is 7.15. The van der Waals surface area contributed by atoms with Crippen molar-refractivity contribution in [3.05, 3.63) is 11.1 Å². The largest absolute Gasteiger partial charge is 0.388 e. The molecule has 1 aliphatic rings. The molecule has 0 saturated carbocycles. The molecule has 1 saturated heterocycles. The van der Waals surface area contributed by atoms with Gasteiger partial charge in [0.15, 0.2) is 5.13 Å². The topological polar surface area (TPSA) is 56.7 Å². The number of amides is 1. The van der Waals surface area contributed by atoms with Crippen molar-refractivity contribution in [3.63, 3.8) is 0 Å². The number of carbonyl (C=O) groups is 1. The number of hydrogen-bond acceptors (Lipinski definition) is 5. The van der Waals surface area contributed by atoms with Gasteiger partial charge < -0.3 is 14.9 Å². The summed E-state index contributed by atoms with van der Waals surface area (Å²) in [7, 11) is 1.83. The van der Waals surface area contributed by atoms with Crippen LogP contribution in [0.3, 0.4) is 0 Å². The van der Waals surface area contributed by atoms with E-state index in [1.807, 2.05) is 11.9 Å². The minimum Gasteiger partial charge on any atom is -0.388 e. The van der Waals surface area contributed by atoms with E-state index in [1.165, 1.54) is 11.3 Å². The van der Waals surface area contributed by atoms with E-state index < -0.39 is 6.10 Å². The monoisotopic (exact) mass is 255 g/mol. The number of rotatable bonds is 2. The minimum absolute atomic E-state index is 0.122. The molecule has 5 nitrogen and oxygen atoms in total. The van der Waals surface area contributed by atoms with Gasteiger partial charge in [0.2, 0.25) is 5.91 Å². The fraction of sp³-hybridized carbons (Fsp3) is 0.636. The molecule has 1 fully saturated rings. The predicted molar refractivity (Wildman–Crippen MR) is 67.2 cm³/mol. The first-order chi connectivity index (χ1) is 8.08. The van der Waals surface area contributed by atoms with Gasteiger partial charge in [0.05, 0.1) is 17.5 Å². The highest BCUT2D eigenvalue weighted by Crippen LogP contribution is 2.27. The van der Waals surface area contributed by atoms with Crippen molar-refractivity contribution in [1.29, 1.82) is 0 Å². The van der Waals surface area contributed by atoms with Gasteiger partial charge in [-0.05, 0) is 13.3 Å². The molecule has 1 amide bonds. The lowest BCUT2D eigenvalue weighted by Gasteiger charge is -2.18. The molecule has 0 aromatic carbocycles. The van der Waals surface area contributed by atoms with Gasteiger partial charge in [0.1, 0.15) is 0 Å². The van der Waals surface area contributed by atoms with Crippen LogP contribution in [-0.2, 0) is 4.79 Å². The third kappa shape index (κ3) is 2.76. The molecular weight excluding hydrogens is 238 g/mol. The van der Waals surface area contributed by atoms with Crippen molar-refractivity contribution >= 4 is 22.4 Å². The third-order valence-corrected chi connectivity index (χ3v) is 4.10. The van der Waals surface area contributed by atoms with Gasteiger partial charge in [-0.1, -0.05) is 11.3 Å². The first-order valence-electron chi connectivity index (χ1n) is 5.70. The standard InChI is InChI=1S/C11H17N3O2S/c1-8(15)9-6-12-11(17-9)14-5-3-4-13(2)10(16)7-14/h6,8,15H,3-5,7H2,1-2H3. The zero-order valence-corrected chi connectivity index (χ0v) is 10.9. The van der Waals surface area contributed by atoms with Gasteiger partial charge in [0.25, 0.3) is 0 Å². The Kier molecular flexibility index (Phi) is 3.63. The maximum absolute atomic E-state index is 11.8. The SMILES string of the molecule is CC(O)c1cnc(N2CCCN(C)C(=O)C2)s1. The smallest absolute Gasteiger partial charge is 0.241 e. The van der Waals surface area contributed by atoms with E-state index in [2.05, 4.69) is 4.98 Å². The number of likely N-dealkylation sites (N-methyl/N-ethyl adjacent to an activating group) is 1. The summed E-state index contributed by atoms with van der Waals surface area (Å²) in [6.07, 6.45) is 2.14. The fourth-order valence-corrected chi connectivity index (χ4v) is 2.64. The lowest BCUT2D eigenvalue weighted by Crippen LogP contribution is -2.34. The van der Waals surface area contributed by atoms with Crippen LogP contribution in [0.15, 0.2) is 6.20 Å². The van der Waals surface area contributed by atoms with Crippen LogP contribution < -0.4 is 4.90 Å². The van der Waals surface area contributed by atoms with Gasteiger partial charge in [-0.15, -0.1) is 0 Å². The van der Waals surface area contributed by atoms with Gasteiger partial charge >= 0.3 is 0 Å². The highest BCUT2D eigenvalue weighted by Gasteiger charge is 2.21. The van der Waals surface area contributed by atoms with Crippen LogP contribution in [-0.4, -0.2) is 47.6 Å². The number of nitrogens with zero attached hydrogens (tertiary/aromatic N) is 3. The van der Waals surface area contributed by atoms with E-state index in [1.54, 1.807) is 18.0 Å². The summed E-state index contributed by atoms with van der Waals surface area (Å²) in [5, 5.41) is 10.3. The van der Waals surface area contributed by atoms with Crippen LogP contribution in [0.5, 0.6) is 0 Å². The van der Waals surface area contributed by atoms with Gasteiger partial charge in [-0.25, -0.2) is 4.98 Å². The Morgan fingerprint density at radius 3 is 2.94 bits per heavy atom. The molecule has 0 spiro atoms. The van der Waals surface area contributed by atoms with E-state index in [-0.39, 0.29) is 5.91 Å². The molecule has 0 radical (unpaired) electrons. The average Bonchev–Trinajstić information content (AvgIpc) is 2.70. The molecule has 17 heavy (non-hydrogen) atoms. The van der Waals surface area contributed by atoms with Crippen molar-refractivity contribution in [2.24, 2.45) is 0 Å². The van der Waals surface area contributed by atoms with E-state index in [9.17, 15) is 9.90 Å². The highest BCUT2D eigenvalue weighted by atomic mass is 32.1. The summed E-state index contributed by atoms with van der Waals surface area (Å²) in [4.78, 5) is 20.6. The van der Waals surface area contributed by atoms with Crippen LogP contribution in [0, 0.1) is 0 Å². The fourth-order valence-electron chi connectivity index (χ4n) is 1.77. The Labute approximate surface area is 105 Å². The van der Waals surface area contributed by atoms with E-state index in [4.69, 9.17) is 0 Å². The van der Waals surface area contributed by atoms with Crippen LogP contribution in [0.1, 0.15) is 24.3 Å². The Hall–Kier alpha value is -1.14. The number of thiazole rings is 1. The molecule has 1 aliphatic heterocycles. The molecule has 1 N–H and O–H groups in total. The lowest BCUT2D eigenvalue weighted by molar-refractivity contribution is -0.127. The number of aliphatic hydroxyl groups excluding tert-OH is 1. The molecule has 94 valence electrons. The molecule has 2 heterocycles. The summed E-state index contributed by atoms with van der Waals surface area (Å²) < 4.78 is 0. The molecule has 1 atom stereocenters. The first-order valence-corrected chi connectivity index (χ1v) is 6.52. The molecule has 1 aromatic rings. The summed E-state index contributed by atoms with van der Waals surface area (Å²) in [6, 6.07) is 0. The van der Waals surface area contributed by atoms with Crippen molar-refractivity contribution in [3.8, 4) is 0 Å². The second-order valence-corrected chi connectivity index (χ2v) is 5.35. The number of aromatic nitrogens is 1. The van der Waals surface area contributed by atoms with Crippen LogP contribution in [0.4, 0.5) is 5.13 Å². The zero-order valence-electron chi connectivity index (χ0n) is 10.1. The van der Waals surface area contributed by atoms with Crippen LogP contribution >= 0.6 is 11.3 Å². The van der Waals surface area contributed by atoms with Crippen molar-refractivity contribution < 1.29 is 9.90 Å². The maximum Gasteiger partial charge on any atom is 0.241 e. The molecule has 1 aromatic heterocycles. The molecule has 0 aliphatic carbocycles. The summed E-state index contributed by atoms with van der Waals surface area (Å²) >= 11 is 1.45. The number of hydrogen-bond donors (Lipinski definition) is 1. The number of carbonyl (C=O) groups excluding carboxylic acids is 1. The van der Waals surface area contributed by atoms with Gasteiger partial charge in [0, 0.05) is 26.3 Å². The third-order valence-electron chi connectivity index (χ3n) is 2.87. The molecule has 0 bridgehead atoms. The first kappa shape index (κ1) is 12.3. The summed E-state index contributed by atoms with van der Waals surface area (Å²) in [5.41, 5.74) is 0. The Bertz CT molecular complexity index is 405. The van der Waals surface area contributed by atoms with Crippen molar-refractivity contribution in [2.45, 2.75) is 19.4 Å². The quantitative estimate of drug-likeness (QED) is 0.852. The average molecular weight is 255 g/mol. The second-order valence-electron chi connectivity index (χ2n) is 4.31. The van der Waals surface area contributed by atoms with Crippen LogP contribution in [0.25, 0.3) is 0 Å². The number of anilines is 1. The van der Waals surface area contributed by atoms with E-state index >= 15 is 0 Å². The van der Waals surface area contributed by atoms with Crippen LogP contribution in [0.2, 0.25) is 0 Å². The molecule has 1 unspecified atom stereocenters. The maximum atomic E-state index is 11.8. The summed E-state index contributed by atoms with van der Waals surface area (Å²) in [6.45, 7) is 3.73. The second kappa shape index (κ2) is 5.01. The predicted octanol–water partition coefficient (Wildman–Crippen LogP) is 0.865. The molecule has 2 rings (SSSR count). The van der Waals surface area contributed by atoms with E-state index in [0.717, 1.165) is 29.5 Å². The Morgan fingerprint density at radius 1 is 1.53 bits per heavy atom. The van der Waals surface area contributed by atoms with Gasteiger partial charge in [-0.3, -0.25) is 4.79 Å². The lowest BCUT2D eigenvalue weighted by atomic mass is 10.4. The van der Waals surface area contributed by atoms with Crippen molar-refractivity contribution in [2.75, 3.05) is 31.6 Å². The normalized spacial score (nSPS) is 19.4. The van der Waals surface area contributed by atoms with Gasteiger partial charge in [-0.2, -0.15) is 0 Å². The Morgan fingerprint density at radius 2 is 2.29 bits per heavy atom. The zero-order chi connectivity index (χ0) is 12.4. The minimum atomic E-state index is -0.494. The number of aliphatic hydroxyl groups is 1. The van der Waals surface area contributed by atoms with E-state index in [0.29, 0.717) is 6.54 Å². The van der Waals surface area contributed by atoms with Crippen molar-refractivity contribution in [1.82, 2.24) is 9.88 Å². The Balaban J connectivity index is 2.12. The molecular formula is C11H17N3O2S.